The van der Waals surface area contributed by atoms with E-state index in [9.17, 15) is 17.6 Å². The van der Waals surface area contributed by atoms with Crippen LogP contribution in [0.3, 0.4) is 0 Å². The van der Waals surface area contributed by atoms with Gasteiger partial charge in [0, 0.05) is 37.0 Å². The van der Waals surface area contributed by atoms with Gasteiger partial charge in [0.2, 0.25) is 0 Å². The Morgan fingerprint density at radius 1 is 1.30 bits per heavy atom. The molecule has 2 N–H and O–H groups in total. The molecule has 0 radical (unpaired) electrons. The molecule has 0 unspecified atom stereocenters. The van der Waals surface area contributed by atoms with Gasteiger partial charge in [0.15, 0.2) is 0 Å². The van der Waals surface area contributed by atoms with E-state index in [0.717, 1.165) is 31.3 Å². The zero-order valence-corrected chi connectivity index (χ0v) is 12.8. The zero-order chi connectivity index (χ0) is 17.0. The average Bonchev–Trinajstić information content (AvgIpc) is 2.92. The van der Waals surface area contributed by atoms with E-state index < -0.39 is 17.6 Å². The van der Waals surface area contributed by atoms with Crippen LogP contribution in [0.25, 0.3) is 11.3 Å². The van der Waals surface area contributed by atoms with E-state index in [0.29, 0.717) is 12.1 Å². The predicted octanol–water partition coefficient (Wildman–Crippen LogP) is 2.89. The molecule has 1 aromatic heterocycles. The first-order chi connectivity index (χ1) is 10.8. The molecule has 0 aliphatic rings. The van der Waals surface area contributed by atoms with Crippen LogP contribution < -0.4 is 5.32 Å². The standard InChI is InChI=1S/C15H18F4N4/c1-20-5-6-23(2)9-10-8-21-22-14(10)12-7-11(15(17,18)19)3-4-13(12)16/h3-4,7-8,20H,5-6,9H2,1-2H3,(H,21,22). The number of H-pyrrole nitrogens is 1. The van der Waals surface area contributed by atoms with Crippen LogP contribution in [0, 0.1) is 5.82 Å². The molecule has 8 heteroatoms. The fourth-order valence-electron chi connectivity index (χ4n) is 2.22. The van der Waals surface area contributed by atoms with Gasteiger partial charge in [-0.1, -0.05) is 0 Å². The molecule has 2 rings (SSSR count). The van der Waals surface area contributed by atoms with Crippen molar-refractivity contribution < 1.29 is 17.6 Å². The summed E-state index contributed by atoms with van der Waals surface area (Å²) in [6.45, 7) is 1.96. The van der Waals surface area contributed by atoms with E-state index in [4.69, 9.17) is 0 Å². The minimum absolute atomic E-state index is 0.155. The Bertz CT molecular complexity index is 651. The lowest BCUT2D eigenvalue weighted by atomic mass is 10.0. The third-order valence-electron chi connectivity index (χ3n) is 3.45. The van der Waals surface area contributed by atoms with E-state index >= 15 is 0 Å². The van der Waals surface area contributed by atoms with Crippen LogP contribution in [0.5, 0.6) is 0 Å². The molecule has 23 heavy (non-hydrogen) atoms. The Balaban J connectivity index is 2.31. The van der Waals surface area contributed by atoms with Gasteiger partial charge in [0.1, 0.15) is 5.82 Å². The number of hydrogen-bond acceptors (Lipinski definition) is 3. The minimum atomic E-state index is -4.53. The van der Waals surface area contributed by atoms with E-state index in [1.54, 1.807) is 6.20 Å². The third kappa shape index (κ3) is 4.29. The van der Waals surface area contributed by atoms with Crippen LogP contribution in [0.4, 0.5) is 17.6 Å². The second-order valence-electron chi connectivity index (χ2n) is 5.29. The van der Waals surface area contributed by atoms with Gasteiger partial charge in [-0.25, -0.2) is 4.39 Å². The molecule has 1 heterocycles. The van der Waals surface area contributed by atoms with Gasteiger partial charge in [-0.2, -0.15) is 18.3 Å². The summed E-state index contributed by atoms with van der Waals surface area (Å²) in [5.74, 6) is -0.732. The molecule has 4 nitrogen and oxygen atoms in total. The Morgan fingerprint density at radius 3 is 2.70 bits per heavy atom. The number of aromatic amines is 1. The van der Waals surface area contributed by atoms with E-state index in [2.05, 4.69) is 15.5 Å². The van der Waals surface area contributed by atoms with Crippen LogP contribution in [0.15, 0.2) is 24.4 Å². The van der Waals surface area contributed by atoms with Crippen molar-refractivity contribution >= 4 is 0 Å². The van der Waals surface area contributed by atoms with Crippen LogP contribution in [0.1, 0.15) is 11.1 Å². The highest BCUT2D eigenvalue weighted by Crippen LogP contribution is 2.34. The van der Waals surface area contributed by atoms with Gasteiger partial charge in [-0.3, -0.25) is 5.10 Å². The molecule has 0 bridgehead atoms. The number of alkyl halides is 3. The topological polar surface area (TPSA) is 44.0 Å². The number of halogens is 4. The van der Waals surface area contributed by atoms with Crippen molar-refractivity contribution in [3.63, 3.8) is 0 Å². The summed E-state index contributed by atoms with van der Waals surface area (Å²) in [4.78, 5) is 1.97. The highest BCUT2D eigenvalue weighted by Gasteiger charge is 2.31. The maximum absolute atomic E-state index is 14.0. The summed E-state index contributed by atoms with van der Waals surface area (Å²) in [5, 5.41) is 9.54. The van der Waals surface area contributed by atoms with Gasteiger partial charge < -0.3 is 10.2 Å². The summed E-state index contributed by atoms with van der Waals surface area (Å²) >= 11 is 0. The molecule has 0 saturated carbocycles. The lowest BCUT2D eigenvalue weighted by Gasteiger charge is -2.16. The zero-order valence-electron chi connectivity index (χ0n) is 12.8. The first-order valence-corrected chi connectivity index (χ1v) is 7.06. The molecular formula is C15H18F4N4. The molecule has 0 fully saturated rings. The molecule has 0 aliphatic heterocycles. The van der Waals surface area contributed by atoms with Crippen molar-refractivity contribution in [2.24, 2.45) is 0 Å². The van der Waals surface area contributed by atoms with Crippen molar-refractivity contribution in [3.8, 4) is 11.3 Å². The van der Waals surface area contributed by atoms with Crippen molar-refractivity contribution in [3.05, 3.63) is 41.3 Å². The Labute approximate surface area is 131 Å². The van der Waals surface area contributed by atoms with Gasteiger partial charge in [0.25, 0.3) is 0 Å². The van der Waals surface area contributed by atoms with Crippen molar-refractivity contribution in [1.29, 1.82) is 0 Å². The van der Waals surface area contributed by atoms with E-state index in [1.165, 1.54) is 0 Å². The highest BCUT2D eigenvalue weighted by molar-refractivity contribution is 5.64. The lowest BCUT2D eigenvalue weighted by Crippen LogP contribution is -2.27. The second-order valence-corrected chi connectivity index (χ2v) is 5.29. The number of nitrogens with one attached hydrogen (secondary N) is 2. The lowest BCUT2D eigenvalue weighted by molar-refractivity contribution is -0.137. The fraction of sp³-hybridized carbons (Fsp3) is 0.400. The quantitative estimate of drug-likeness (QED) is 0.801. The van der Waals surface area contributed by atoms with Crippen LogP contribution in [-0.2, 0) is 12.7 Å². The maximum atomic E-state index is 14.0. The maximum Gasteiger partial charge on any atom is 0.416 e. The molecule has 0 saturated heterocycles. The third-order valence-corrected chi connectivity index (χ3v) is 3.45. The number of nitrogens with zero attached hydrogens (tertiary/aromatic N) is 2. The molecule has 2 aromatic rings. The SMILES string of the molecule is CNCCN(C)Cc1c[nH]nc1-c1cc(C(F)(F)F)ccc1F. The van der Waals surface area contributed by atoms with Crippen LogP contribution >= 0.6 is 0 Å². The molecule has 0 aliphatic carbocycles. The second kappa shape index (κ2) is 7.10. The molecule has 0 atom stereocenters. The average molecular weight is 330 g/mol. The molecule has 126 valence electrons. The smallest absolute Gasteiger partial charge is 0.318 e. The van der Waals surface area contributed by atoms with Crippen molar-refractivity contribution in [1.82, 2.24) is 20.4 Å². The molecule has 0 amide bonds. The Hall–Kier alpha value is -1.93. The Morgan fingerprint density at radius 2 is 2.04 bits per heavy atom. The normalized spacial score (nSPS) is 12.1. The Kier molecular flexibility index (Phi) is 5.38. The molecule has 0 spiro atoms. The van der Waals surface area contributed by atoms with Crippen molar-refractivity contribution in [2.75, 3.05) is 27.2 Å². The summed E-state index contributed by atoms with van der Waals surface area (Å²) in [7, 11) is 3.70. The monoisotopic (exact) mass is 330 g/mol. The summed E-state index contributed by atoms with van der Waals surface area (Å²) in [6, 6.07) is 2.34. The first kappa shape index (κ1) is 17.4. The number of rotatable bonds is 6. The summed E-state index contributed by atoms with van der Waals surface area (Å²) in [6.07, 6.45) is -2.95. The van der Waals surface area contributed by atoms with Crippen LogP contribution in [0.2, 0.25) is 0 Å². The minimum Gasteiger partial charge on any atom is -0.318 e. The first-order valence-electron chi connectivity index (χ1n) is 7.06. The summed E-state index contributed by atoms with van der Waals surface area (Å²) in [5.41, 5.74) is -0.212. The number of aromatic nitrogens is 2. The van der Waals surface area contributed by atoms with E-state index in [-0.39, 0.29) is 11.3 Å². The predicted molar refractivity (Wildman–Crippen MR) is 79.2 cm³/mol. The number of hydrogen-bond donors (Lipinski definition) is 2. The van der Waals surface area contributed by atoms with Gasteiger partial charge >= 0.3 is 6.18 Å². The fourth-order valence-corrected chi connectivity index (χ4v) is 2.22. The molecule has 1 aromatic carbocycles. The van der Waals surface area contributed by atoms with Crippen molar-refractivity contribution in [2.45, 2.75) is 12.7 Å². The number of likely N-dealkylation sites (N-methyl/N-ethyl adjacent to an activating group) is 2. The van der Waals surface area contributed by atoms with Gasteiger partial charge in [0.05, 0.1) is 11.3 Å². The number of benzene rings is 1. The molecular weight excluding hydrogens is 312 g/mol. The van der Waals surface area contributed by atoms with Gasteiger partial charge in [-0.15, -0.1) is 0 Å². The van der Waals surface area contributed by atoms with E-state index in [1.807, 2.05) is 19.0 Å². The highest BCUT2D eigenvalue weighted by atomic mass is 19.4. The van der Waals surface area contributed by atoms with Crippen LogP contribution in [-0.4, -0.2) is 42.3 Å². The summed E-state index contributed by atoms with van der Waals surface area (Å²) < 4.78 is 52.5. The van der Waals surface area contributed by atoms with Gasteiger partial charge in [-0.05, 0) is 32.3 Å². The largest absolute Gasteiger partial charge is 0.416 e.